The predicted octanol–water partition coefficient (Wildman–Crippen LogP) is 3.26. The summed E-state index contributed by atoms with van der Waals surface area (Å²) in [6.07, 6.45) is 4.99. The highest BCUT2D eigenvalue weighted by Gasteiger charge is 2.17. The lowest BCUT2D eigenvalue weighted by atomic mass is 10.1. The van der Waals surface area contributed by atoms with Crippen LogP contribution >= 0.6 is 0 Å². The minimum Gasteiger partial charge on any atom is -0.378 e. The van der Waals surface area contributed by atoms with E-state index in [9.17, 15) is 9.18 Å². The summed E-state index contributed by atoms with van der Waals surface area (Å²) in [5.41, 5.74) is 4.01. The van der Waals surface area contributed by atoms with E-state index in [1.807, 2.05) is 30.0 Å². The number of rotatable bonds is 5. The van der Waals surface area contributed by atoms with Crippen molar-refractivity contribution in [1.82, 2.24) is 25.0 Å². The first-order valence-corrected chi connectivity index (χ1v) is 10.8. The minimum absolute atomic E-state index is 0.224. The summed E-state index contributed by atoms with van der Waals surface area (Å²) in [6, 6.07) is 11.6. The van der Waals surface area contributed by atoms with Crippen LogP contribution in [0.2, 0.25) is 0 Å². The monoisotopic (exact) mass is 459 g/mol. The van der Waals surface area contributed by atoms with Crippen LogP contribution < -0.4 is 10.2 Å². The van der Waals surface area contributed by atoms with Gasteiger partial charge in [-0.15, -0.1) is 5.10 Å². The lowest BCUT2D eigenvalue weighted by Gasteiger charge is -2.29. The van der Waals surface area contributed by atoms with Gasteiger partial charge in [-0.2, -0.15) is 0 Å². The van der Waals surface area contributed by atoms with Gasteiger partial charge in [0.25, 0.3) is 5.91 Å². The summed E-state index contributed by atoms with van der Waals surface area (Å²) in [7, 11) is 0. The van der Waals surface area contributed by atoms with Crippen molar-refractivity contribution in [2.75, 3.05) is 36.5 Å². The third-order valence-electron chi connectivity index (χ3n) is 5.51. The maximum atomic E-state index is 14.3. The number of ether oxygens (including phenoxy) is 1. The van der Waals surface area contributed by atoms with Gasteiger partial charge in [0.15, 0.2) is 0 Å². The molecule has 1 fully saturated rings. The van der Waals surface area contributed by atoms with Gasteiger partial charge in [-0.1, -0.05) is 11.3 Å². The molecule has 0 atom stereocenters. The van der Waals surface area contributed by atoms with Crippen molar-refractivity contribution in [2.45, 2.75) is 6.92 Å². The van der Waals surface area contributed by atoms with Gasteiger partial charge in [0, 0.05) is 30.5 Å². The van der Waals surface area contributed by atoms with E-state index >= 15 is 0 Å². The molecule has 0 unspecified atom stereocenters. The van der Waals surface area contributed by atoms with Crippen LogP contribution in [0.3, 0.4) is 0 Å². The molecule has 0 radical (unpaired) electrons. The Morgan fingerprint density at radius 1 is 1.09 bits per heavy atom. The van der Waals surface area contributed by atoms with E-state index in [4.69, 9.17) is 4.74 Å². The fourth-order valence-corrected chi connectivity index (χ4v) is 3.75. The Bertz CT molecular complexity index is 1320. The van der Waals surface area contributed by atoms with Crippen molar-refractivity contribution in [3.63, 3.8) is 0 Å². The van der Waals surface area contributed by atoms with Crippen LogP contribution in [0, 0.1) is 12.7 Å². The van der Waals surface area contributed by atoms with Crippen molar-refractivity contribution in [1.29, 1.82) is 0 Å². The molecule has 4 heterocycles. The molecule has 9 nitrogen and oxygen atoms in total. The lowest BCUT2D eigenvalue weighted by Crippen LogP contribution is -2.36. The fourth-order valence-electron chi connectivity index (χ4n) is 3.75. The Morgan fingerprint density at radius 2 is 1.94 bits per heavy atom. The maximum absolute atomic E-state index is 14.3. The van der Waals surface area contributed by atoms with Crippen molar-refractivity contribution < 1.29 is 13.9 Å². The number of benzene rings is 1. The topological polar surface area (TPSA) is 98.1 Å². The van der Waals surface area contributed by atoms with Crippen molar-refractivity contribution in [3.05, 3.63) is 78.1 Å². The van der Waals surface area contributed by atoms with Crippen LogP contribution in [-0.2, 0) is 4.74 Å². The molecule has 172 valence electrons. The molecule has 34 heavy (non-hydrogen) atoms. The zero-order valence-electron chi connectivity index (χ0n) is 18.5. The number of nitrogens with one attached hydrogen (secondary N) is 1. The minimum atomic E-state index is -0.471. The Balaban J connectivity index is 1.38. The van der Waals surface area contributed by atoms with Gasteiger partial charge in [-0.25, -0.2) is 9.07 Å². The van der Waals surface area contributed by atoms with Crippen LogP contribution in [0.1, 0.15) is 16.1 Å². The molecule has 1 aliphatic heterocycles. The number of carbonyl (C=O) groups excluding carboxylic acids is 1. The number of hydrogen-bond donors (Lipinski definition) is 1. The van der Waals surface area contributed by atoms with E-state index in [0.717, 1.165) is 0 Å². The number of halogens is 1. The molecule has 5 rings (SSSR count). The van der Waals surface area contributed by atoms with Gasteiger partial charge < -0.3 is 15.0 Å². The first kappa shape index (κ1) is 21.7. The number of anilines is 2. The number of nitrogens with zero attached hydrogens (tertiary/aromatic N) is 6. The summed E-state index contributed by atoms with van der Waals surface area (Å²) in [6.45, 7) is 4.27. The van der Waals surface area contributed by atoms with Gasteiger partial charge in [-0.3, -0.25) is 14.8 Å². The average molecular weight is 459 g/mol. The fraction of sp³-hybridized carbons (Fsp3) is 0.208. The molecule has 0 spiro atoms. The van der Waals surface area contributed by atoms with Crippen molar-refractivity contribution in [3.8, 4) is 17.1 Å². The van der Waals surface area contributed by atoms with Crippen molar-refractivity contribution in [2.24, 2.45) is 0 Å². The standard InChI is InChI=1S/C24H22FN7O2/c1-16-23(32-15-22(29-30-32)21-4-2-3-5-26-21)13-19(14-27-16)28-24(33)17-10-18(25)12-20(11-17)31-6-8-34-9-7-31/h2-5,10-15H,6-9H2,1H3,(H,28,33). The Morgan fingerprint density at radius 3 is 2.74 bits per heavy atom. The smallest absolute Gasteiger partial charge is 0.255 e. The second kappa shape index (κ2) is 9.36. The van der Waals surface area contributed by atoms with Crippen LogP contribution in [-0.4, -0.2) is 57.2 Å². The zero-order valence-corrected chi connectivity index (χ0v) is 18.5. The summed E-state index contributed by atoms with van der Waals surface area (Å²) < 4.78 is 21.2. The summed E-state index contributed by atoms with van der Waals surface area (Å²) >= 11 is 0. The van der Waals surface area contributed by atoms with Crippen LogP contribution in [0.5, 0.6) is 0 Å². The average Bonchev–Trinajstić information content (AvgIpc) is 3.36. The highest BCUT2D eigenvalue weighted by atomic mass is 19.1. The van der Waals surface area contributed by atoms with E-state index in [-0.39, 0.29) is 5.56 Å². The van der Waals surface area contributed by atoms with Gasteiger partial charge in [0.1, 0.15) is 11.5 Å². The molecule has 1 aromatic carbocycles. The van der Waals surface area contributed by atoms with Gasteiger partial charge in [-0.05, 0) is 43.3 Å². The first-order valence-electron chi connectivity index (χ1n) is 10.8. The Labute approximate surface area is 195 Å². The molecule has 3 aromatic heterocycles. The van der Waals surface area contributed by atoms with Crippen LogP contribution in [0.25, 0.3) is 17.1 Å². The van der Waals surface area contributed by atoms with E-state index in [1.54, 1.807) is 35.4 Å². The number of hydrogen-bond acceptors (Lipinski definition) is 7. The number of aryl methyl sites for hydroxylation is 1. The Kier molecular flexibility index (Phi) is 5.96. The summed E-state index contributed by atoms with van der Waals surface area (Å²) in [4.78, 5) is 23.6. The molecule has 0 saturated carbocycles. The van der Waals surface area contributed by atoms with E-state index in [0.29, 0.717) is 60.4 Å². The molecule has 1 aliphatic rings. The number of morpholine rings is 1. The molecule has 1 saturated heterocycles. The van der Waals surface area contributed by atoms with Crippen molar-refractivity contribution >= 4 is 17.3 Å². The Hall–Kier alpha value is -4.18. The number of aromatic nitrogens is 5. The molecule has 0 bridgehead atoms. The maximum Gasteiger partial charge on any atom is 0.255 e. The zero-order chi connectivity index (χ0) is 23.5. The van der Waals surface area contributed by atoms with Gasteiger partial charge in [0.05, 0.1) is 48.4 Å². The van der Waals surface area contributed by atoms with Crippen LogP contribution in [0.4, 0.5) is 15.8 Å². The molecular formula is C24H22FN7O2. The third-order valence-corrected chi connectivity index (χ3v) is 5.51. The highest BCUT2D eigenvalue weighted by Crippen LogP contribution is 2.23. The SMILES string of the molecule is Cc1ncc(NC(=O)c2cc(F)cc(N3CCOCC3)c2)cc1-n1cc(-c2ccccn2)nn1. The lowest BCUT2D eigenvalue weighted by molar-refractivity contribution is 0.102. The van der Waals surface area contributed by atoms with Gasteiger partial charge >= 0.3 is 0 Å². The molecule has 10 heteroatoms. The predicted molar refractivity (Wildman–Crippen MR) is 125 cm³/mol. The second-order valence-electron chi connectivity index (χ2n) is 7.84. The van der Waals surface area contributed by atoms with E-state index < -0.39 is 11.7 Å². The number of carbonyl (C=O) groups is 1. The van der Waals surface area contributed by atoms with E-state index in [1.165, 1.54) is 12.1 Å². The largest absolute Gasteiger partial charge is 0.378 e. The molecular weight excluding hydrogens is 437 g/mol. The number of amides is 1. The van der Waals surface area contributed by atoms with E-state index in [2.05, 4.69) is 25.6 Å². The molecule has 4 aromatic rings. The normalized spacial score (nSPS) is 13.6. The molecule has 1 amide bonds. The summed E-state index contributed by atoms with van der Waals surface area (Å²) in [5.74, 6) is -0.903. The summed E-state index contributed by atoms with van der Waals surface area (Å²) in [5, 5.41) is 11.2. The quantitative estimate of drug-likeness (QED) is 0.489. The van der Waals surface area contributed by atoms with Gasteiger partial charge in [0.2, 0.25) is 0 Å². The number of pyridine rings is 2. The first-order chi connectivity index (χ1) is 16.6. The second-order valence-corrected chi connectivity index (χ2v) is 7.84. The molecule has 1 N–H and O–H groups in total. The van der Waals surface area contributed by atoms with Crippen LogP contribution in [0.15, 0.2) is 61.1 Å². The highest BCUT2D eigenvalue weighted by molar-refractivity contribution is 6.04. The molecule has 0 aliphatic carbocycles. The third kappa shape index (κ3) is 4.62.